The summed E-state index contributed by atoms with van der Waals surface area (Å²) in [5.74, 6) is 3.84. The van der Waals surface area contributed by atoms with E-state index < -0.39 is 19.8 Å². The standard InChI is InChI=1S/C19H29N5O2Si/c1-14-12-22-17-16(20-9-10-21-18(25)26-19(2,3)4)23-15(13-24(14)17)8-11-27(5,6)7/h12-13H,9-10H2,1-7H3,(H,20,23)(H,21,25). The number of anilines is 1. The summed E-state index contributed by atoms with van der Waals surface area (Å²) in [7, 11) is -1.49. The third kappa shape index (κ3) is 6.60. The minimum Gasteiger partial charge on any atom is -0.444 e. The van der Waals surface area contributed by atoms with E-state index in [9.17, 15) is 4.79 Å². The zero-order chi connectivity index (χ0) is 20.2. The first kappa shape index (κ1) is 20.8. The summed E-state index contributed by atoms with van der Waals surface area (Å²) < 4.78 is 7.20. The number of aromatic nitrogens is 3. The number of nitrogens with zero attached hydrogens (tertiary/aromatic N) is 3. The Bertz CT molecular complexity index is 882. The van der Waals surface area contributed by atoms with Gasteiger partial charge in [-0.05, 0) is 27.7 Å². The molecule has 2 aromatic heterocycles. The van der Waals surface area contributed by atoms with Crippen LogP contribution in [0.25, 0.3) is 5.65 Å². The molecule has 0 saturated heterocycles. The number of carbonyl (C=O) groups excluding carboxylic acids is 1. The Balaban J connectivity index is 2.10. The minimum atomic E-state index is -1.49. The summed E-state index contributed by atoms with van der Waals surface area (Å²) in [4.78, 5) is 20.7. The van der Waals surface area contributed by atoms with Gasteiger partial charge in [0.1, 0.15) is 19.4 Å². The molecule has 1 amide bonds. The lowest BCUT2D eigenvalue weighted by Gasteiger charge is -2.19. The highest BCUT2D eigenvalue weighted by atomic mass is 28.3. The molecule has 2 aromatic rings. The summed E-state index contributed by atoms with van der Waals surface area (Å²) in [5.41, 5.74) is 5.28. The Labute approximate surface area is 161 Å². The molecule has 0 atom stereocenters. The van der Waals surface area contributed by atoms with Crippen LogP contribution in [0.3, 0.4) is 0 Å². The average Bonchev–Trinajstić information content (AvgIpc) is 2.89. The van der Waals surface area contributed by atoms with Crippen LogP contribution in [0.15, 0.2) is 12.4 Å². The zero-order valence-electron chi connectivity index (χ0n) is 17.2. The summed E-state index contributed by atoms with van der Waals surface area (Å²) in [6.07, 6.45) is 3.28. The van der Waals surface area contributed by atoms with Gasteiger partial charge < -0.3 is 15.4 Å². The van der Waals surface area contributed by atoms with Crippen molar-refractivity contribution in [3.8, 4) is 11.5 Å². The van der Waals surface area contributed by atoms with Crippen molar-refractivity contribution >= 4 is 25.6 Å². The quantitative estimate of drug-likeness (QED) is 0.478. The predicted octanol–water partition coefficient (Wildman–Crippen LogP) is 3.20. The number of hydrogen-bond acceptors (Lipinski definition) is 5. The number of aryl methyl sites for hydroxylation is 1. The number of rotatable bonds is 4. The number of nitrogens with one attached hydrogen (secondary N) is 2. The molecule has 0 saturated carbocycles. The van der Waals surface area contributed by atoms with E-state index in [1.807, 2.05) is 38.3 Å². The lowest BCUT2D eigenvalue weighted by atomic mass is 10.2. The summed E-state index contributed by atoms with van der Waals surface area (Å²) in [6, 6.07) is 0. The zero-order valence-corrected chi connectivity index (χ0v) is 18.2. The van der Waals surface area contributed by atoms with E-state index in [0.29, 0.717) is 24.6 Å². The van der Waals surface area contributed by atoms with Gasteiger partial charge in [0, 0.05) is 31.2 Å². The Kier molecular flexibility index (Phi) is 6.16. The second-order valence-electron chi connectivity index (χ2n) is 8.42. The Morgan fingerprint density at radius 1 is 1.30 bits per heavy atom. The summed E-state index contributed by atoms with van der Waals surface area (Å²) >= 11 is 0. The van der Waals surface area contributed by atoms with Crippen molar-refractivity contribution in [3.05, 3.63) is 23.8 Å². The first-order valence-electron chi connectivity index (χ1n) is 9.03. The maximum absolute atomic E-state index is 11.7. The minimum absolute atomic E-state index is 0.410. The second-order valence-corrected chi connectivity index (χ2v) is 13.2. The smallest absolute Gasteiger partial charge is 0.407 e. The number of hydrogen-bond donors (Lipinski definition) is 2. The highest BCUT2D eigenvalue weighted by Crippen LogP contribution is 2.15. The second kappa shape index (κ2) is 8.01. The number of fused-ring (bicyclic) bond motifs is 1. The molecule has 8 heteroatoms. The van der Waals surface area contributed by atoms with Gasteiger partial charge in [-0.25, -0.2) is 14.8 Å². The number of carbonyl (C=O) groups is 1. The fourth-order valence-electron chi connectivity index (χ4n) is 2.20. The van der Waals surface area contributed by atoms with Crippen LogP contribution in [0, 0.1) is 18.4 Å². The molecule has 0 spiro atoms. The van der Waals surface area contributed by atoms with E-state index in [-0.39, 0.29) is 0 Å². The Morgan fingerprint density at radius 3 is 2.63 bits per heavy atom. The molecule has 2 N–H and O–H groups in total. The molecule has 27 heavy (non-hydrogen) atoms. The van der Waals surface area contributed by atoms with Gasteiger partial charge in [0.25, 0.3) is 0 Å². The van der Waals surface area contributed by atoms with E-state index >= 15 is 0 Å². The molecule has 0 aromatic carbocycles. The van der Waals surface area contributed by atoms with Crippen molar-refractivity contribution in [2.45, 2.75) is 52.9 Å². The molecule has 0 radical (unpaired) electrons. The van der Waals surface area contributed by atoms with Crippen LogP contribution >= 0.6 is 0 Å². The van der Waals surface area contributed by atoms with Crippen molar-refractivity contribution in [2.24, 2.45) is 0 Å². The molecule has 0 aliphatic rings. The molecule has 0 aliphatic heterocycles. The Hall–Kier alpha value is -2.53. The first-order valence-corrected chi connectivity index (χ1v) is 12.5. The van der Waals surface area contributed by atoms with E-state index in [4.69, 9.17) is 4.74 Å². The highest BCUT2D eigenvalue weighted by molar-refractivity contribution is 6.83. The van der Waals surface area contributed by atoms with Crippen molar-refractivity contribution in [3.63, 3.8) is 0 Å². The van der Waals surface area contributed by atoms with Crippen LogP contribution in [0.2, 0.25) is 19.6 Å². The fourth-order valence-corrected chi connectivity index (χ4v) is 2.70. The molecule has 7 nitrogen and oxygen atoms in total. The van der Waals surface area contributed by atoms with Gasteiger partial charge in [-0.15, -0.1) is 5.54 Å². The van der Waals surface area contributed by atoms with Crippen LogP contribution in [0.5, 0.6) is 0 Å². The number of ether oxygens (including phenoxy) is 1. The predicted molar refractivity (Wildman–Crippen MR) is 111 cm³/mol. The van der Waals surface area contributed by atoms with E-state index in [2.05, 4.69) is 51.7 Å². The van der Waals surface area contributed by atoms with E-state index in [0.717, 1.165) is 11.3 Å². The molecule has 0 aliphatic carbocycles. The van der Waals surface area contributed by atoms with Crippen LogP contribution in [0.4, 0.5) is 10.6 Å². The van der Waals surface area contributed by atoms with Crippen molar-refractivity contribution < 1.29 is 9.53 Å². The number of imidazole rings is 1. The summed E-state index contributed by atoms with van der Waals surface area (Å²) in [5, 5.41) is 5.96. The topological polar surface area (TPSA) is 80.5 Å². The Morgan fingerprint density at radius 2 is 2.00 bits per heavy atom. The molecular weight excluding hydrogens is 358 g/mol. The molecule has 0 fully saturated rings. The largest absolute Gasteiger partial charge is 0.444 e. The lowest BCUT2D eigenvalue weighted by molar-refractivity contribution is 0.0530. The molecular formula is C19H29N5O2Si. The maximum Gasteiger partial charge on any atom is 0.407 e. The molecule has 2 rings (SSSR count). The van der Waals surface area contributed by atoms with Gasteiger partial charge in [0.15, 0.2) is 11.5 Å². The fraction of sp³-hybridized carbons (Fsp3) is 0.526. The van der Waals surface area contributed by atoms with Crippen molar-refractivity contribution in [2.75, 3.05) is 18.4 Å². The maximum atomic E-state index is 11.7. The molecule has 2 heterocycles. The first-order chi connectivity index (χ1) is 12.4. The average molecular weight is 388 g/mol. The van der Waals surface area contributed by atoms with Gasteiger partial charge in [-0.1, -0.05) is 25.6 Å². The van der Waals surface area contributed by atoms with Gasteiger partial charge in [-0.3, -0.25) is 4.40 Å². The molecule has 0 bridgehead atoms. The van der Waals surface area contributed by atoms with Crippen LogP contribution in [-0.2, 0) is 4.74 Å². The molecule has 0 unspecified atom stereocenters. The van der Waals surface area contributed by atoms with E-state index in [1.165, 1.54) is 0 Å². The van der Waals surface area contributed by atoms with Gasteiger partial charge in [0.05, 0.1) is 0 Å². The van der Waals surface area contributed by atoms with Crippen LogP contribution < -0.4 is 10.6 Å². The number of amides is 1. The van der Waals surface area contributed by atoms with Crippen LogP contribution in [0.1, 0.15) is 32.2 Å². The van der Waals surface area contributed by atoms with Crippen molar-refractivity contribution in [1.29, 1.82) is 0 Å². The van der Waals surface area contributed by atoms with Crippen LogP contribution in [-0.4, -0.2) is 47.2 Å². The van der Waals surface area contributed by atoms with Crippen molar-refractivity contribution in [1.82, 2.24) is 19.7 Å². The van der Waals surface area contributed by atoms with Gasteiger partial charge in [0.2, 0.25) is 0 Å². The third-order valence-electron chi connectivity index (χ3n) is 3.33. The van der Waals surface area contributed by atoms with E-state index in [1.54, 1.807) is 6.20 Å². The monoisotopic (exact) mass is 387 g/mol. The normalized spacial score (nSPS) is 11.7. The molecule has 146 valence electrons. The van der Waals surface area contributed by atoms with Gasteiger partial charge >= 0.3 is 6.09 Å². The SMILES string of the molecule is Cc1cnc2c(NCCNC(=O)OC(C)(C)C)nc(C#C[Si](C)(C)C)cn12. The third-order valence-corrected chi connectivity index (χ3v) is 4.20. The number of alkyl carbamates (subject to hydrolysis) is 1. The van der Waals surface area contributed by atoms with Gasteiger partial charge in [-0.2, -0.15) is 0 Å². The highest BCUT2D eigenvalue weighted by Gasteiger charge is 2.15. The lowest BCUT2D eigenvalue weighted by Crippen LogP contribution is -2.35. The summed E-state index contributed by atoms with van der Waals surface area (Å²) in [6.45, 7) is 15.0.